The number of fused-ring (bicyclic) bond motifs is 1. The van der Waals surface area contributed by atoms with Gasteiger partial charge in [-0.15, -0.1) is 0 Å². The number of aryl methyl sites for hydroxylation is 1. The maximum Gasteiger partial charge on any atom is 0.234 e. The summed E-state index contributed by atoms with van der Waals surface area (Å²) in [4.78, 5) is 31.0. The number of nitrogens with one attached hydrogen (secondary N) is 1. The Balaban J connectivity index is 0.00000165. The quantitative estimate of drug-likeness (QED) is 0.318. The highest BCUT2D eigenvalue weighted by Crippen LogP contribution is 2.39. The molecule has 6 rings (SSSR count). The lowest BCUT2D eigenvalue weighted by Gasteiger charge is -2.39. The summed E-state index contributed by atoms with van der Waals surface area (Å²) in [5.74, 6) is -1.07. The van der Waals surface area contributed by atoms with Gasteiger partial charge in [0.25, 0.3) is 0 Å². The van der Waals surface area contributed by atoms with E-state index in [1.807, 2.05) is 56.0 Å². The summed E-state index contributed by atoms with van der Waals surface area (Å²) >= 11 is 0. The topological polar surface area (TPSA) is 80.1 Å². The Hall–Kier alpha value is -3.91. The molecule has 2 fully saturated rings. The van der Waals surface area contributed by atoms with Crippen molar-refractivity contribution in [2.45, 2.75) is 57.9 Å². The fourth-order valence-electron chi connectivity index (χ4n) is 6.26. The third-order valence-electron chi connectivity index (χ3n) is 8.36. The lowest BCUT2D eigenvalue weighted by molar-refractivity contribution is -0.134. The van der Waals surface area contributed by atoms with Crippen LogP contribution >= 0.6 is 0 Å². The number of carbonyl (C=O) groups is 2. The fourth-order valence-corrected chi connectivity index (χ4v) is 6.26. The first-order chi connectivity index (χ1) is 20.0. The zero-order valence-electron chi connectivity index (χ0n) is 24.0. The van der Waals surface area contributed by atoms with Gasteiger partial charge < -0.3 is 0 Å². The molecule has 0 aliphatic carbocycles. The molecule has 0 saturated carbocycles. The van der Waals surface area contributed by atoms with Crippen LogP contribution in [0.2, 0.25) is 0 Å². The molecule has 2 aliphatic heterocycles. The summed E-state index contributed by atoms with van der Waals surface area (Å²) < 4.78 is 18.2. The molecule has 1 N–H and O–H groups in total. The highest BCUT2D eigenvalue weighted by molar-refractivity contribution is 6.01. The molecular formula is C33H38FN5O2. The number of hydrogen-bond donors (Lipinski definition) is 1. The molecule has 0 spiro atoms. The van der Waals surface area contributed by atoms with Gasteiger partial charge in [0.15, 0.2) is 0 Å². The van der Waals surface area contributed by atoms with Gasteiger partial charge >= 0.3 is 0 Å². The van der Waals surface area contributed by atoms with Crippen molar-refractivity contribution >= 4 is 22.7 Å². The van der Waals surface area contributed by atoms with E-state index < -0.39 is 5.92 Å². The summed E-state index contributed by atoms with van der Waals surface area (Å²) in [6.45, 7) is 6.54. The number of rotatable bonds is 6. The van der Waals surface area contributed by atoms with Crippen LogP contribution in [-0.4, -0.2) is 44.6 Å². The number of benzene rings is 2. The number of piperidine rings is 2. The normalized spacial score (nSPS) is 21.3. The van der Waals surface area contributed by atoms with Crippen LogP contribution in [0, 0.1) is 11.7 Å². The Bertz CT molecular complexity index is 1520. The molecule has 0 bridgehead atoms. The van der Waals surface area contributed by atoms with Crippen molar-refractivity contribution in [1.29, 1.82) is 0 Å². The number of likely N-dealkylation sites (tertiary alicyclic amines) is 1. The first kappa shape index (κ1) is 28.6. The number of pyridine rings is 1. The number of hydrogen-bond acceptors (Lipinski definition) is 5. The molecule has 3 atom stereocenters. The average molecular weight is 556 g/mol. The second-order valence-corrected chi connectivity index (χ2v) is 10.8. The van der Waals surface area contributed by atoms with Gasteiger partial charge in [-0.3, -0.25) is 29.5 Å². The van der Waals surface area contributed by atoms with Crippen LogP contribution in [0.1, 0.15) is 67.3 Å². The van der Waals surface area contributed by atoms with Gasteiger partial charge in [0.05, 0.1) is 17.1 Å². The van der Waals surface area contributed by atoms with Gasteiger partial charge in [-0.25, -0.2) is 4.39 Å². The van der Waals surface area contributed by atoms with Crippen LogP contribution in [0.4, 0.5) is 4.39 Å². The van der Waals surface area contributed by atoms with E-state index in [2.05, 4.69) is 44.6 Å². The monoisotopic (exact) mass is 555 g/mol. The number of imide groups is 1. The predicted octanol–water partition coefficient (Wildman–Crippen LogP) is 5.50. The zero-order valence-corrected chi connectivity index (χ0v) is 24.0. The smallest absolute Gasteiger partial charge is 0.234 e. The molecule has 2 saturated heterocycles. The SMILES string of the molecule is CC.Cn1nccc1CN1CCC(c2ccc3ncc(C4CCC(=O)NC4=O)cc3c2F)C(Cc2ccccc2)C1. The Morgan fingerprint density at radius 3 is 2.59 bits per heavy atom. The van der Waals surface area contributed by atoms with E-state index in [4.69, 9.17) is 0 Å². The van der Waals surface area contributed by atoms with Crippen LogP contribution in [0.15, 0.2) is 67.0 Å². The number of carbonyl (C=O) groups excluding carboxylic acids is 2. The summed E-state index contributed by atoms with van der Waals surface area (Å²) in [5, 5.41) is 7.15. The first-order valence-electron chi connectivity index (χ1n) is 14.6. The number of aromatic nitrogens is 3. The molecule has 7 nitrogen and oxygen atoms in total. The van der Waals surface area contributed by atoms with E-state index in [0.29, 0.717) is 28.5 Å². The first-order valence-corrected chi connectivity index (χ1v) is 14.6. The molecule has 41 heavy (non-hydrogen) atoms. The van der Waals surface area contributed by atoms with Crippen LogP contribution < -0.4 is 5.32 Å². The largest absolute Gasteiger partial charge is 0.297 e. The van der Waals surface area contributed by atoms with Gasteiger partial charge in [-0.1, -0.05) is 50.2 Å². The number of halogens is 1. The van der Waals surface area contributed by atoms with E-state index in [1.54, 1.807) is 12.3 Å². The molecule has 4 heterocycles. The van der Waals surface area contributed by atoms with Gasteiger partial charge in [0.2, 0.25) is 11.8 Å². The Morgan fingerprint density at radius 2 is 1.85 bits per heavy atom. The van der Waals surface area contributed by atoms with Gasteiger partial charge in [0, 0.05) is 44.3 Å². The minimum absolute atomic E-state index is 0.0525. The van der Waals surface area contributed by atoms with Crippen molar-refractivity contribution in [2.75, 3.05) is 13.1 Å². The molecule has 214 valence electrons. The Morgan fingerprint density at radius 1 is 1.05 bits per heavy atom. The molecule has 8 heteroatoms. The maximum absolute atomic E-state index is 16.3. The molecule has 4 aromatic rings. The maximum atomic E-state index is 16.3. The van der Waals surface area contributed by atoms with Crippen molar-refractivity contribution in [3.05, 3.63) is 95.2 Å². The van der Waals surface area contributed by atoms with Crippen molar-refractivity contribution in [3.8, 4) is 0 Å². The van der Waals surface area contributed by atoms with E-state index in [0.717, 1.165) is 38.2 Å². The van der Waals surface area contributed by atoms with E-state index >= 15 is 4.39 Å². The second-order valence-electron chi connectivity index (χ2n) is 10.8. The second kappa shape index (κ2) is 12.7. The molecule has 0 radical (unpaired) electrons. The van der Waals surface area contributed by atoms with Gasteiger partial charge in [-0.2, -0.15) is 5.10 Å². The van der Waals surface area contributed by atoms with E-state index in [9.17, 15) is 9.59 Å². The fraction of sp³-hybridized carbons (Fsp3) is 0.394. The van der Waals surface area contributed by atoms with Crippen molar-refractivity contribution < 1.29 is 14.0 Å². The molecule has 2 aromatic heterocycles. The lowest BCUT2D eigenvalue weighted by atomic mass is 9.76. The summed E-state index contributed by atoms with van der Waals surface area (Å²) in [6, 6.07) is 18.0. The van der Waals surface area contributed by atoms with E-state index in [1.165, 1.54) is 5.56 Å². The summed E-state index contributed by atoms with van der Waals surface area (Å²) in [7, 11) is 1.96. The lowest BCUT2D eigenvalue weighted by Crippen LogP contribution is -2.40. The highest BCUT2D eigenvalue weighted by Gasteiger charge is 2.33. The predicted molar refractivity (Wildman–Crippen MR) is 158 cm³/mol. The van der Waals surface area contributed by atoms with Crippen molar-refractivity contribution in [2.24, 2.45) is 13.0 Å². The minimum Gasteiger partial charge on any atom is -0.297 e. The van der Waals surface area contributed by atoms with Crippen LogP contribution in [0.3, 0.4) is 0 Å². The van der Waals surface area contributed by atoms with E-state index in [-0.39, 0.29) is 35.9 Å². The third-order valence-corrected chi connectivity index (χ3v) is 8.36. The van der Waals surface area contributed by atoms with Crippen molar-refractivity contribution in [3.63, 3.8) is 0 Å². The minimum atomic E-state index is -0.497. The van der Waals surface area contributed by atoms with Crippen molar-refractivity contribution in [1.82, 2.24) is 25.0 Å². The molecule has 2 aliphatic rings. The molecule has 2 amide bonds. The van der Waals surface area contributed by atoms with Gasteiger partial charge in [0.1, 0.15) is 5.82 Å². The Kier molecular flexibility index (Phi) is 8.88. The molecule has 3 unspecified atom stereocenters. The number of amides is 2. The standard InChI is InChI=1S/C31H32FN5O2.C2H6/c1-36-23(11-13-34-36)19-37-14-12-24(22(18-37)15-20-5-3-2-4-6-20)26-7-9-28-27(30(26)32)16-21(17-33-28)25-8-10-29(38)35-31(25)39;1-2/h2-7,9,11,13,16-17,22,24-25H,8,10,12,14-15,18-19H2,1H3,(H,35,38,39);1-2H3. The van der Waals surface area contributed by atoms with Crippen LogP contribution in [-0.2, 0) is 29.6 Å². The van der Waals surface area contributed by atoms with Gasteiger partial charge in [-0.05, 0) is 72.5 Å². The zero-order chi connectivity index (χ0) is 28.9. The van der Waals surface area contributed by atoms with Crippen LogP contribution in [0.5, 0.6) is 0 Å². The molecular weight excluding hydrogens is 517 g/mol. The number of nitrogens with zero attached hydrogens (tertiary/aromatic N) is 4. The summed E-state index contributed by atoms with van der Waals surface area (Å²) in [6.07, 6.45) is 5.85. The highest BCUT2D eigenvalue weighted by atomic mass is 19.1. The molecule has 2 aromatic carbocycles. The third kappa shape index (κ3) is 6.22. The Labute approximate surface area is 240 Å². The summed E-state index contributed by atoms with van der Waals surface area (Å²) in [5.41, 5.74) is 4.34. The average Bonchev–Trinajstić information content (AvgIpc) is 3.39. The van der Waals surface area contributed by atoms with Crippen LogP contribution in [0.25, 0.3) is 10.9 Å².